The topological polar surface area (TPSA) is 63.7 Å². The van der Waals surface area contributed by atoms with Crippen LogP contribution in [-0.2, 0) is 14.9 Å². The van der Waals surface area contributed by atoms with Crippen LogP contribution in [0, 0.1) is 6.92 Å². The van der Waals surface area contributed by atoms with E-state index >= 15 is 0 Å². The van der Waals surface area contributed by atoms with Gasteiger partial charge >= 0.3 is 10.1 Å². The number of rotatable bonds is 4. The predicted octanol–water partition coefficient (Wildman–Crippen LogP) is 3.59. The minimum Gasteiger partial charge on any atom is -0.379 e. The third-order valence-electron chi connectivity index (χ3n) is 3.66. The van der Waals surface area contributed by atoms with E-state index in [2.05, 4.69) is 0 Å². The Labute approximate surface area is 161 Å². The summed E-state index contributed by atoms with van der Waals surface area (Å²) in [5.74, 6) is -0.00935. The summed E-state index contributed by atoms with van der Waals surface area (Å²) in [5, 5.41) is 0. The van der Waals surface area contributed by atoms with Crippen molar-refractivity contribution in [1.82, 2.24) is 4.90 Å². The molecule has 1 saturated heterocycles. The van der Waals surface area contributed by atoms with E-state index in [1.165, 1.54) is 28.8 Å². The Morgan fingerprint density at radius 2 is 1.85 bits per heavy atom. The van der Waals surface area contributed by atoms with E-state index in [9.17, 15) is 13.2 Å². The molecular weight excluding hydrogens is 390 g/mol. The van der Waals surface area contributed by atoms with E-state index in [1.807, 2.05) is 6.92 Å². The highest BCUT2D eigenvalue weighted by Gasteiger charge is 2.28. The van der Waals surface area contributed by atoms with Crippen molar-refractivity contribution < 1.29 is 17.4 Å². The van der Waals surface area contributed by atoms with Crippen LogP contribution in [0.5, 0.6) is 5.75 Å². The number of carbonyl (C=O) groups excluding carboxylic acids is 1. The van der Waals surface area contributed by atoms with Crippen LogP contribution in [0.1, 0.15) is 11.1 Å². The molecule has 0 aliphatic carbocycles. The highest BCUT2D eigenvalue weighted by molar-refractivity contribution is 8.26. The standard InChI is InChI=1S/C18H15NO4S3/c1-12-6-8-15(9-7-12)26(21,22)23-14-5-3-4-13(10-14)11-16-17(20)19(2)18(24)25-16/h3-11H,1-2H3/b16-11+. The van der Waals surface area contributed by atoms with Crippen LogP contribution in [0.3, 0.4) is 0 Å². The molecule has 0 radical (unpaired) electrons. The monoisotopic (exact) mass is 405 g/mol. The van der Waals surface area contributed by atoms with Crippen molar-refractivity contribution in [3.05, 3.63) is 64.6 Å². The zero-order valence-electron chi connectivity index (χ0n) is 14.0. The Morgan fingerprint density at radius 1 is 1.15 bits per heavy atom. The largest absolute Gasteiger partial charge is 0.379 e. The lowest BCUT2D eigenvalue weighted by molar-refractivity contribution is -0.121. The summed E-state index contributed by atoms with van der Waals surface area (Å²) in [6.07, 6.45) is 1.66. The highest BCUT2D eigenvalue weighted by atomic mass is 32.2. The van der Waals surface area contributed by atoms with Crippen molar-refractivity contribution in [2.45, 2.75) is 11.8 Å². The molecule has 1 aliphatic heterocycles. The van der Waals surface area contributed by atoms with E-state index in [-0.39, 0.29) is 16.6 Å². The molecule has 0 aromatic heterocycles. The van der Waals surface area contributed by atoms with Crippen LogP contribution in [0.2, 0.25) is 0 Å². The van der Waals surface area contributed by atoms with Gasteiger partial charge in [0.05, 0.1) is 4.91 Å². The van der Waals surface area contributed by atoms with Crippen LogP contribution in [0.15, 0.2) is 58.3 Å². The molecule has 134 valence electrons. The molecule has 0 unspecified atom stereocenters. The van der Waals surface area contributed by atoms with Crippen molar-refractivity contribution >= 4 is 50.4 Å². The molecule has 8 heteroatoms. The lowest BCUT2D eigenvalue weighted by Gasteiger charge is -2.08. The van der Waals surface area contributed by atoms with Gasteiger partial charge in [-0.2, -0.15) is 8.42 Å². The van der Waals surface area contributed by atoms with Crippen LogP contribution < -0.4 is 4.18 Å². The molecule has 3 rings (SSSR count). The lowest BCUT2D eigenvalue weighted by Crippen LogP contribution is -2.22. The molecule has 0 saturated carbocycles. The maximum absolute atomic E-state index is 12.4. The summed E-state index contributed by atoms with van der Waals surface area (Å²) in [5.41, 5.74) is 1.61. The zero-order chi connectivity index (χ0) is 18.9. The summed E-state index contributed by atoms with van der Waals surface area (Å²) < 4.78 is 30.5. The number of aryl methyl sites for hydroxylation is 1. The highest BCUT2D eigenvalue weighted by Crippen LogP contribution is 2.32. The van der Waals surface area contributed by atoms with E-state index in [0.29, 0.717) is 14.8 Å². The van der Waals surface area contributed by atoms with Gasteiger partial charge < -0.3 is 4.18 Å². The molecule has 2 aromatic rings. The molecule has 26 heavy (non-hydrogen) atoms. The quantitative estimate of drug-likeness (QED) is 0.440. The smallest absolute Gasteiger partial charge is 0.339 e. The summed E-state index contributed by atoms with van der Waals surface area (Å²) in [4.78, 5) is 14.0. The Bertz CT molecular complexity index is 1010. The first-order valence-corrected chi connectivity index (χ1v) is 10.2. The van der Waals surface area contributed by atoms with Gasteiger partial charge in [0.1, 0.15) is 15.0 Å². The second-order valence-corrected chi connectivity index (χ2v) is 8.89. The van der Waals surface area contributed by atoms with Crippen LogP contribution in [-0.4, -0.2) is 30.6 Å². The molecule has 0 bridgehead atoms. The van der Waals surface area contributed by atoms with Crippen LogP contribution in [0.25, 0.3) is 6.08 Å². The van der Waals surface area contributed by atoms with Crippen molar-refractivity contribution in [3.8, 4) is 5.75 Å². The molecule has 1 aliphatic rings. The molecular formula is C18H15NO4S3. The summed E-state index contributed by atoms with van der Waals surface area (Å²) >= 11 is 6.30. The molecule has 2 aromatic carbocycles. The molecule has 1 fully saturated rings. The second-order valence-electron chi connectivity index (χ2n) is 5.66. The number of hydrogen-bond donors (Lipinski definition) is 0. The normalized spacial score (nSPS) is 16.4. The summed E-state index contributed by atoms with van der Waals surface area (Å²) in [7, 11) is -2.31. The second kappa shape index (κ2) is 7.22. The van der Waals surface area contributed by atoms with E-state index in [1.54, 1.807) is 49.5 Å². The number of nitrogens with zero attached hydrogens (tertiary/aromatic N) is 1. The summed E-state index contributed by atoms with van der Waals surface area (Å²) in [6, 6.07) is 13.0. The van der Waals surface area contributed by atoms with Gasteiger partial charge in [-0.15, -0.1) is 0 Å². The van der Waals surface area contributed by atoms with Gasteiger partial charge in [0.2, 0.25) is 0 Å². The number of amides is 1. The number of thiocarbonyl (C=S) groups is 1. The number of likely N-dealkylation sites (N-methyl/N-ethyl adjacent to an activating group) is 1. The fraction of sp³-hybridized carbons (Fsp3) is 0.111. The molecule has 0 spiro atoms. The average molecular weight is 406 g/mol. The minimum atomic E-state index is -3.92. The first-order chi connectivity index (χ1) is 12.3. The van der Waals surface area contributed by atoms with E-state index in [4.69, 9.17) is 16.4 Å². The van der Waals surface area contributed by atoms with Crippen molar-refractivity contribution in [3.63, 3.8) is 0 Å². The summed E-state index contributed by atoms with van der Waals surface area (Å²) in [6.45, 7) is 1.87. The predicted molar refractivity (Wildman–Crippen MR) is 106 cm³/mol. The van der Waals surface area contributed by atoms with E-state index < -0.39 is 10.1 Å². The minimum absolute atomic E-state index is 0.0837. The number of benzene rings is 2. The van der Waals surface area contributed by atoms with Gasteiger partial charge in [-0.1, -0.05) is 53.8 Å². The SMILES string of the molecule is Cc1ccc(S(=O)(=O)Oc2cccc(/C=C3/SC(=S)N(C)C3=O)c2)cc1. The zero-order valence-corrected chi connectivity index (χ0v) is 16.5. The fourth-order valence-corrected chi connectivity index (χ4v) is 4.33. The van der Waals surface area contributed by atoms with Gasteiger partial charge in [0.15, 0.2) is 0 Å². The maximum atomic E-state index is 12.4. The third kappa shape index (κ3) is 3.98. The number of hydrogen-bond acceptors (Lipinski definition) is 6. The van der Waals surface area contributed by atoms with Crippen molar-refractivity contribution in [2.75, 3.05) is 7.05 Å². The van der Waals surface area contributed by atoms with Crippen molar-refractivity contribution in [2.24, 2.45) is 0 Å². The van der Waals surface area contributed by atoms with Gasteiger partial charge in [0, 0.05) is 7.05 Å². The van der Waals surface area contributed by atoms with E-state index in [0.717, 1.165) is 5.56 Å². The number of carbonyl (C=O) groups is 1. The molecule has 5 nitrogen and oxygen atoms in total. The molecule has 1 heterocycles. The lowest BCUT2D eigenvalue weighted by atomic mass is 10.2. The Morgan fingerprint density at radius 3 is 2.46 bits per heavy atom. The van der Waals surface area contributed by atoms with Gasteiger partial charge in [-0.05, 0) is 42.8 Å². The third-order valence-corrected chi connectivity index (χ3v) is 6.40. The Hall–Kier alpha value is -2.16. The molecule has 0 atom stereocenters. The number of thioether (sulfide) groups is 1. The van der Waals surface area contributed by atoms with Crippen LogP contribution in [0.4, 0.5) is 0 Å². The first kappa shape index (κ1) is 18.6. The van der Waals surface area contributed by atoms with Gasteiger partial charge in [0.25, 0.3) is 5.91 Å². The Balaban J connectivity index is 1.85. The first-order valence-electron chi connectivity index (χ1n) is 7.59. The molecule has 0 N–H and O–H groups in total. The van der Waals surface area contributed by atoms with Crippen LogP contribution >= 0.6 is 24.0 Å². The van der Waals surface area contributed by atoms with Gasteiger partial charge in [-0.3, -0.25) is 9.69 Å². The fourth-order valence-electron chi connectivity index (χ4n) is 2.23. The van der Waals surface area contributed by atoms with Crippen molar-refractivity contribution in [1.29, 1.82) is 0 Å². The van der Waals surface area contributed by atoms with Gasteiger partial charge in [-0.25, -0.2) is 0 Å². The maximum Gasteiger partial charge on any atom is 0.339 e. The molecule has 1 amide bonds. The average Bonchev–Trinajstić information content (AvgIpc) is 2.82. The Kier molecular flexibility index (Phi) is 5.17.